The van der Waals surface area contributed by atoms with Crippen LogP contribution in [0.15, 0.2) is 109 Å². The molecule has 1 aromatic heterocycles. The van der Waals surface area contributed by atoms with Gasteiger partial charge in [0.2, 0.25) is 5.91 Å². The second-order valence-corrected chi connectivity index (χ2v) is 11.3. The van der Waals surface area contributed by atoms with Crippen molar-refractivity contribution in [3.05, 3.63) is 137 Å². The fourth-order valence-electron chi connectivity index (χ4n) is 5.77. The predicted octanol–water partition coefficient (Wildman–Crippen LogP) is 5.70. The lowest BCUT2D eigenvalue weighted by Crippen LogP contribution is -2.37. The molecule has 6 aromatic rings. The summed E-state index contributed by atoms with van der Waals surface area (Å²) in [4.78, 5) is 20.7. The molecule has 0 aliphatic rings. The summed E-state index contributed by atoms with van der Waals surface area (Å²) in [6.07, 6.45) is 1.57. The van der Waals surface area contributed by atoms with E-state index in [0.29, 0.717) is 18.8 Å². The minimum absolute atomic E-state index is 0.0312. The highest BCUT2D eigenvalue weighted by molar-refractivity contribution is 5.97. The Morgan fingerprint density at radius 2 is 1.67 bits per heavy atom. The molecule has 1 heterocycles. The number of benzene rings is 5. The van der Waals surface area contributed by atoms with Crippen molar-refractivity contribution in [1.82, 2.24) is 14.9 Å². The van der Waals surface area contributed by atoms with Crippen LogP contribution in [0.3, 0.4) is 0 Å². The average molecular weight is 596 g/mol. The maximum Gasteiger partial charge on any atom is 0.241 e. The summed E-state index contributed by atoms with van der Waals surface area (Å²) in [5.41, 5.74) is 18.9. The van der Waals surface area contributed by atoms with E-state index in [1.165, 1.54) is 0 Å². The molecule has 226 valence electrons. The van der Waals surface area contributed by atoms with E-state index in [-0.39, 0.29) is 18.3 Å². The van der Waals surface area contributed by atoms with E-state index in [9.17, 15) is 4.79 Å². The number of aromatic nitrogens is 2. The number of nitrogen functional groups attached to an aromatic ring is 2. The number of amides is 1. The summed E-state index contributed by atoms with van der Waals surface area (Å²) < 4.78 is 2.12. The Bertz CT molecular complexity index is 1990. The van der Waals surface area contributed by atoms with Crippen molar-refractivity contribution < 1.29 is 4.79 Å². The van der Waals surface area contributed by atoms with Gasteiger partial charge in [0.25, 0.3) is 0 Å². The minimum atomic E-state index is -0.0312. The van der Waals surface area contributed by atoms with Crippen molar-refractivity contribution >= 4 is 44.9 Å². The van der Waals surface area contributed by atoms with Crippen molar-refractivity contribution in [1.29, 1.82) is 5.41 Å². The van der Waals surface area contributed by atoms with Gasteiger partial charge in [0.05, 0.1) is 24.1 Å². The number of imidazole rings is 1. The Labute approximate surface area is 262 Å². The van der Waals surface area contributed by atoms with Crippen LogP contribution in [-0.4, -0.2) is 27.8 Å². The van der Waals surface area contributed by atoms with Crippen LogP contribution in [0.2, 0.25) is 0 Å². The molecular formula is C37H37N7O. The lowest BCUT2D eigenvalue weighted by atomic mass is 10.0. The van der Waals surface area contributed by atoms with E-state index in [1.54, 1.807) is 0 Å². The number of fused-ring (bicyclic) bond motifs is 2. The molecule has 6 rings (SSSR count). The first-order valence-electron chi connectivity index (χ1n) is 15.1. The van der Waals surface area contributed by atoms with Crippen LogP contribution in [0.5, 0.6) is 0 Å². The maximum atomic E-state index is 13.9. The third kappa shape index (κ3) is 6.71. The lowest BCUT2D eigenvalue weighted by molar-refractivity contribution is -0.117. The third-order valence-corrected chi connectivity index (χ3v) is 8.24. The zero-order valence-electron chi connectivity index (χ0n) is 25.3. The number of anilines is 2. The number of nitrogens with one attached hydrogen (secondary N) is 2. The third-order valence-electron chi connectivity index (χ3n) is 8.24. The van der Waals surface area contributed by atoms with E-state index >= 15 is 0 Å². The summed E-state index contributed by atoms with van der Waals surface area (Å²) >= 11 is 0. The molecule has 6 N–H and O–H groups in total. The number of amidine groups is 1. The first-order valence-corrected chi connectivity index (χ1v) is 15.1. The molecule has 0 bridgehead atoms. The molecule has 8 nitrogen and oxygen atoms in total. The number of carbonyl (C=O) groups excluding carboxylic acids is 1. The van der Waals surface area contributed by atoms with E-state index < -0.39 is 0 Å². The van der Waals surface area contributed by atoms with Crippen LogP contribution in [0.25, 0.3) is 21.8 Å². The standard InChI is InChI=1S/C37H37N7O/c1-43-34-18-17-31(21-33(34)42-35(43)19-14-25-12-15-28(16-13-25)37(39)40)44(24-29-9-5-8-27-7-2-3-11-32(27)29)36(45)23-41-22-26-6-4-10-30(38)20-26/h2-13,15-18,20-21,41H,14,19,22-24,38H2,1H3,(H3,39,40). The number of nitrogens with zero attached hydrogens (tertiary/aromatic N) is 3. The Hall–Kier alpha value is -5.47. The Kier molecular flexibility index (Phi) is 8.57. The molecule has 0 spiro atoms. The first-order chi connectivity index (χ1) is 21.9. The largest absolute Gasteiger partial charge is 0.399 e. The van der Waals surface area contributed by atoms with Crippen molar-refractivity contribution in [3.8, 4) is 0 Å². The van der Waals surface area contributed by atoms with Crippen molar-refractivity contribution in [2.75, 3.05) is 17.2 Å². The van der Waals surface area contributed by atoms with E-state index in [0.717, 1.165) is 68.4 Å². The molecule has 0 saturated heterocycles. The van der Waals surface area contributed by atoms with Gasteiger partial charge in [-0.3, -0.25) is 10.2 Å². The van der Waals surface area contributed by atoms with Gasteiger partial charge in [-0.15, -0.1) is 0 Å². The molecule has 0 aliphatic carbocycles. The fraction of sp³-hybridized carbons (Fsp3) is 0.162. The predicted molar refractivity (Wildman–Crippen MR) is 183 cm³/mol. The molecule has 45 heavy (non-hydrogen) atoms. The van der Waals surface area contributed by atoms with E-state index in [2.05, 4.69) is 34.1 Å². The summed E-state index contributed by atoms with van der Waals surface area (Å²) in [5.74, 6) is 1.00. The monoisotopic (exact) mass is 595 g/mol. The Balaban J connectivity index is 1.26. The van der Waals surface area contributed by atoms with Crippen LogP contribution in [0.1, 0.15) is 28.1 Å². The van der Waals surface area contributed by atoms with Crippen LogP contribution in [-0.2, 0) is 37.8 Å². The van der Waals surface area contributed by atoms with Crippen molar-refractivity contribution in [2.45, 2.75) is 25.9 Å². The van der Waals surface area contributed by atoms with Crippen molar-refractivity contribution in [3.63, 3.8) is 0 Å². The molecular weight excluding hydrogens is 558 g/mol. The van der Waals surface area contributed by atoms with Crippen LogP contribution in [0, 0.1) is 5.41 Å². The molecule has 0 fully saturated rings. The Morgan fingerprint density at radius 1 is 0.889 bits per heavy atom. The number of carbonyl (C=O) groups is 1. The Morgan fingerprint density at radius 3 is 2.47 bits per heavy atom. The number of hydrogen-bond acceptors (Lipinski definition) is 5. The van der Waals surface area contributed by atoms with Gasteiger partial charge in [-0.05, 0) is 64.2 Å². The summed E-state index contributed by atoms with van der Waals surface area (Å²) in [5, 5.41) is 13.2. The number of nitrogens with two attached hydrogens (primary N) is 2. The van der Waals surface area contributed by atoms with Gasteiger partial charge in [0, 0.05) is 37.0 Å². The van der Waals surface area contributed by atoms with Gasteiger partial charge in [-0.2, -0.15) is 0 Å². The quantitative estimate of drug-likeness (QED) is 0.0869. The number of aryl methyl sites for hydroxylation is 3. The number of hydrogen-bond donors (Lipinski definition) is 4. The first kappa shape index (κ1) is 29.6. The molecule has 5 aromatic carbocycles. The van der Waals surface area contributed by atoms with Crippen LogP contribution < -0.4 is 21.7 Å². The van der Waals surface area contributed by atoms with Gasteiger partial charge in [-0.1, -0.05) is 78.9 Å². The summed E-state index contributed by atoms with van der Waals surface area (Å²) in [7, 11) is 2.03. The maximum absolute atomic E-state index is 13.9. The van der Waals surface area contributed by atoms with Gasteiger partial charge < -0.3 is 26.3 Å². The van der Waals surface area contributed by atoms with Gasteiger partial charge in [-0.25, -0.2) is 4.98 Å². The van der Waals surface area contributed by atoms with Gasteiger partial charge >= 0.3 is 0 Å². The zero-order chi connectivity index (χ0) is 31.3. The second-order valence-electron chi connectivity index (χ2n) is 11.3. The molecule has 1 amide bonds. The molecule has 0 atom stereocenters. The van der Waals surface area contributed by atoms with Crippen LogP contribution >= 0.6 is 0 Å². The van der Waals surface area contributed by atoms with Gasteiger partial charge in [0.15, 0.2) is 0 Å². The van der Waals surface area contributed by atoms with E-state index in [1.807, 2.05) is 96.9 Å². The second kappa shape index (κ2) is 13.0. The normalized spacial score (nSPS) is 11.2. The highest BCUT2D eigenvalue weighted by Gasteiger charge is 2.19. The summed E-state index contributed by atoms with van der Waals surface area (Å²) in [6, 6.07) is 36.0. The zero-order valence-corrected chi connectivity index (χ0v) is 25.3. The topological polar surface area (TPSA) is 126 Å². The molecule has 0 aliphatic heterocycles. The highest BCUT2D eigenvalue weighted by atomic mass is 16.2. The van der Waals surface area contributed by atoms with Crippen LogP contribution in [0.4, 0.5) is 11.4 Å². The minimum Gasteiger partial charge on any atom is -0.399 e. The molecule has 0 unspecified atom stereocenters. The van der Waals surface area contributed by atoms with E-state index in [4.69, 9.17) is 21.9 Å². The average Bonchev–Trinajstić information content (AvgIpc) is 3.37. The molecule has 0 saturated carbocycles. The number of rotatable bonds is 11. The summed E-state index contributed by atoms with van der Waals surface area (Å²) in [6.45, 7) is 1.15. The van der Waals surface area contributed by atoms with Crippen molar-refractivity contribution in [2.24, 2.45) is 12.8 Å². The fourth-order valence-corrected chi connectivity index (χ4v) is 5.77. The molecule has 0 radical (unpaired) electrons. The highest BCUT2D eigenvalue weighted by Crippen LogP contribution is 2.27. The molecule has 8 heteroatoms. The van der Waals surface area contributed by atoms with Gasteiger partial charge in [0.1, 0.15) is 11.7 Å². The lowest BCUT2D eigenvalue weighted by Gasteiger charge is -2.24. The smallest absolute Gasteiger partial charge is 0.241 e. The SMILES string of the molecule is Cn1c(CCc2ccc(C(=N)N)cc2)nc2cc(N(Cc3cccc4ccccc34)C(=O)CNCc3cccc(N)c3)ccc21.